The lowest BCUT2D eigenvalue weighted by molar-refractivity contribution is 0.103. The van der Waals surface area contributed by atoms with Crippen molar-refractivity contribution >= 4 is 38.9 Å². The Morgan fingerprint density at radius 1 is 1.33 bits per heavy atom. The maximum absolute atomic E-state index is 11.6. The van der Waals surface area contributed by atoms with Gasteiger partial charge in [0.2, 0.25) is 0 Å². The summed E-state index contributed by atoms with van der Waals surface area (Å²) in [6, 6.07) is 1.78. The predicted molar refractivity (Wildman–Crippen MR) is 62.0 cm³/mol. The smallest absolute Gasteiger partial charge is 0.267 e. The average Bonchev–Trinajstić information content (AvgIpc) is 2.70. The van der Waals surface area contributed by atoms with Crippen molar-refractivity contribution in [1.29, 1.82) is 0 Å². The Kier molecular flexibility index (Phi) is 3.08. The lowest BCUT2D eigenvalue weighted by Crippen LogP contribution is -2.10. The third-order valence-electron chi connectivity index (χ3n) is 1.62. The molecule has 2 rings (SSSR count). The van der Waals surface area contributed by atoms with Gasteiger partial charge in [0, 0.05) is 10.7 Å². The Morgan fingerprint density at radius 3 is 2.87 bits per heavy atom. The molecule has 0 spiro atoms. The molecule has 0 fully saturated rings. The minimum absolute atomic E-state index is 0.169. The van der Waals surface area contributed by atoms with Crippen LogP contribution in [0.5, 0.6) is 0 Å². The van der Waals surface area contributed by atoms with Crippen LogP contribution < -0.4 is 5.32 Å². The summed E-state index contributed by atoms with van der Waals surface area (Å²) in [4.78, 5) is 20.0. The third-order valence-corrected chi connectivity index (χ3v) is 2.82. The van der Waals surface area contributed by atoms with E-state index in [1.165, 1.54) is 17.5 Å². The fraction of sp³-hybridized carbons (Fsp3) is 0. The van der Waals surface area contributed by atoms with Gasteiger partial charge in [0.25, 0.3) is 5.91 Å². The number of nitrogens with one attached hydrogen (secondary N) is 1. The van der Waals surface area contributed by atoms with E-state index in [2.05, 4.69) is 31.2 Å². The van der Waals surface area contributed by atoms with Gasteiger partial charge < -0.3 is 5.32 Å². The second kappa shape index (κ2) is 4.50. The van der Waals surface area contributed by atoms with Crippen molar-refractivity contribution in [2.45, 2.75) is 0 Å². The summed E-state index contributed by atoms with van der Waals surface area (Å²) in [5, 5.41) is 2.72. The fourth-order valence-corrected chi connectivity index (χ4v) is 1.88. The molecular weight excluding hydrogens is 278 g/mol. The van der Waals surface area contributed by atoms with Crippen molar-refractivity contribution in [3.05, 3.63) is 39.5 Å². The van der Waals surface area contributed by atoms with E-state index in [4.69, 9.17) is 0 Å². The van der Waals surface area contributed by atoms with E-state index >= 15 is 0 Å². The van der Waals surface area contributed by atoms with Gasteiger partial charge in [0.1, 0.15) is 4.88 Å². The van der Waals surface area contributed by atoms with E-state index in [0.717, 1.165) is 4.47 Å². The molecule has 0 unspecified atom stereocenters. The van der Waals surface area contributed by atoms with Gasteiger partial charge in [0.15, 0.2) is 0 Å². The Morgan fingerprint density at radius 2 is 2.20 bits per heavy atom. The van der Waals surface area contributed by atoms with Crippen LogP contribution in [0.2, 0.25) is 0 Å². The maximum atomic E-state index is 11.6. The Bertz CT molecular complexity index is 472. The zero-order chi connectivity index (χ0) is 10.7. The van der Waals surface area contributed by atoms with Crippen LogP contribution in [-0.4, -0.2) is 15.9 Å². The first kappa shape index (κ1) is 10.3. The van der Waals surface area contributed by atoms with E-state index in [9.17, 15) is 4.79 Å². The molecule has 2 heterocycles. The molecule has 6 heteroatoms. The molecule has 1 N–H and O–H groups in total. The van der Waals surface area contributed by atoms with E-state index in [-0.39, 0.29) is 5.91 Å². The Labute approximate surface area is 98.5 Å². The van der Waals surface area contributed by atoms with Crippen LogP contribution >= 0.6 is 27.3 Å². The number of hydrogen-bond donors (Lipinski definition) is 1. The zero-order valence-electron chi connectivity index (χ0n) is 7.48. The van der Waals surface area contributed by atoms with Gasteiger partial charge in [-0.3, -0.25) is 14.8 Å². The number of thiazole rings is 1. The third kappa shape index (κ3) is 2.60. The highest BCUT2D eigenvalue weighted by atomic mass is 79.9. The highest BCUT2D eigenvalue weighted by Crippen LogP contribution is 2.15. The van der Waals surface area contributed by atoms with Gasteiger partial charge in [-0.2, -0.15) is 0 Å². The van der Waals surface area contributed by atoms with Gasteiger partial charge in [0.05, 0.1) is 23.6 Å². The summed E-state index contributed by atoms with van der Waals surface area (Å²) in [5.41, 5.74) is 2.27. The average molecular weight is 284 g/mol. The number of hydrogen-bond acceptors (Lipinski definition) is 4. The molecule has 76 valence electrons. The summed E-state index contributed by atoms with van der Waals surface area (Å²) in [6.07, 6.45) is 4.78. The van der Waals surface area contributed by atoms with Crippen LogP contribution in [0.15, 0.2) is 34.6 Å². The lowest BCUT2D eigenvalue weighted by atomic mass is 10.4. The molecule has 0 aliphatic carbocycles. The highest BCUT2D eigenvalue weighted by molar-refractivity contribution is 9.10. The van der Waals surface area contributed by atoms with Crippen molar-refractivity contribution in [2.24, 2.45) is 0 Å². The summed E-state index contributed by atoms with van der Waals surface area (Å²) in [5.74, 6) is -0.169. The molecular formula is C9H6BrN3OS. The topological polar surface area (TPSA) is 54.9 Å². The maximum Gasteiger partial charge on any atom is 0.267 e. The molecule has 4 nitrogen and oxygen atoms in total. The molecule has 0 aliphatic rings. The first-order valence-corrected chi connectivity index (χ1v) is 5.73. The number of amides is 1. The molecule has 0 radical (unpaired) electrons. The van der Waals surface area contributed by atoms with Crippen LogP contribution in [0, 0.1) is 0 Å². The number of anilines is 1. The standard InChI is InChI=1S/C9H6BrN3OS/c10-6-1-7(3-11-2-6)13-9(14)8-4-12-5-15-8/h1-5H,(H,13,14). The van der Waals surface area contributed by atoms with Crippen molar-refractivity contribution < 1.29 is 4.79 Å². The molecule has 0 aliphatic heterocycles. The number of halogens is 1. The van der Waals surface area contributed by atoms with Crippen molar-refractivity contribution in [1.82, 2.24) is 9.97 Å². The zero-order valence-corrected chi connectivity index (χ0v) is 9.88. The van der Waals surface area contributed by atoms with Gasteiger partial charge >= 0.3 is 0 Å². The number of carbonyl (C=O) groups excluding carboxylic acids is 1. The number of aromatic nitrogens is 2. The van der Waals surface area contributed by atoms with Crippen molar-refractivity contribution in [2.75, 3.05) is 5.32 Å². The van der Waals surface area contributed by atoms with E-state index in [1.54, 1.807) is 24.0 Å². The summed E-state index contributed by atoms with van der Waals surface area (Å²) in [7, 11) is 0. The first-order valence-electron chi connectivity index (χ1n) is 4.06. The minimum atomic E-state index is -0.169. The van der Waals surface area contributed by atoms with Gasteiger partial charge in [-0.15, -0.1) is 11.3 Å². The van der Waals surface area contributed by atoms with Crippen LogP contribution in [0.25, 0.3) is 0 Å². The summed E-state index contributed by atoms with van der Waals surface area (Å²) < 4.78 is 0.824. The minimum Gasteiger partial charge on any atom is -0.320 e. The summed E-state index contributed by atoms with van der Waals surface area (Å²) in [6.45, 7) is 0. The lowest BCUT2D eigenvalue weighted by Gasteiger charge is -2.02. The largest absolute Gasteiger partial charge is 0.320 e. The second-order valence-electron chi connectivity index (χ2n) is 2.71. The molecule has 2 aromatic heterocycles. The van der Waals surface area contributed by atoms with Gasteiger partial charge in [-0.05, 0) is 22.0 Å². The van der Waals surface area contributed by atoms with Crippen LogP contribution in [0.1, 0.15) is 9.67 Å². The molecule has 0 saturated carbocycles. The molecule has 0 saturated heterocycles. The SMILES string of the molecule is O=C(Nc1cncc(Br)c1)c1cncs1. The molecule has 0 aromatic carbocycles. The molecule has 2 aromatic rings. The van der Waals surface area contributed by atoms with E-state index < -0.39 is 0 Å². The monoisotopic (exact) mass is 283 g/mol. The fourth-order valence-electron chi connectivity index (χ4n) is 1.00. The number of carbonyl (C=O) groups is 1. The molecule has 15 heavy (non-hydrogen) atoms. The first-order chi connectivity index (χ1) is 7.25. The number of nitrogens with zero attached hydrogens (tertiary/aromatic N) is 2. The van der Waals surface area contributed by atoms with Crippen LogP contribution in [0.4, 0.5) is 5.69 Å². The number of pyridine rings is 1. The van der Waals surface area contributed by atoms with E-state index in [0.29, 0.717) is 10.6 Å². The van der Waals surface area contributed by atoms with Crippen molar-refractivity contribution in [3.8, 4) is 0 Å². The second-order valence-corrected chi connectivity index (χ2v) is 4.51. The molecule has 0 atom stereocenters. The highest BCUT2D eigenvalue weighted by Gasteiger charge is 2.07. The predicted octanol–water partition coefficient (Wildman–Crippen LogP) is 2.55. The quantitative estimate of drug-likeness (QED) is 0.922. The Hall–Kier alpha value is -1.27. The van der Waals surface area contributed by atoms with Crippen LogP contribution in [-0.2, 0) is 0 Å². The van der Waals surface area contributed by atoms with Gasteiger partial charge in [-0.25, -0.2) is 0 Å². The molecule has 0 bridgehead atoms. The normalized spacial score (nSPS) is 9.93. The number of rotatable bonds is 2. The summed E-state index contributed by atoms with van der Waals surface area (Å²) >= 11 is 4.58. The van der Waals surface area contributed by atoms with Crippen LogP contribution in [0.3, 0.4) is 0 Å². The van der Waals surface area contributed by atoms with Crippen molar-refractivity contribution in [3.63, 3.8) is 0 Å². The molecule has 1 amide bonds. The van der Waals surface area contributed by atoms with E-state index in [1.807, 2.05) is 0 Å². The Balaban J connectivity index is 2.13. The van der Waals surface area contributed by atoms with Gasteiger partial charge in [-0.1, -0.05) is 0 Å².